The molecule has 0 radical (unpaired) electrons. The molecule has 0 fully saturated rings. The molecule has 0 saturated heterocycles. The van der Waals surface area contributed by atoms with Gasteiger partial charge in [0, 0.05) is 12.6 Å². The molecule has 108 valence electrons. The molecule has 2 aromatic heterocycles. The van der Waals surface area contributed by atoms with Crippen LogP contribution in [-0.2, 0) is 16.6 Å². The maximum absolute atomic E-state index is 12.2. The monoisotopic (exact) mass is 320 g/mol. The van der Waals surface area contributed by atoms with Gasteiger partial charge in [0.15, 0.2) is 5.76 Å². The number of sulfonamides is 1. The van der Waals surface area contributed by atoms with Crippen LogP contribution in [0.2, 0.25) is 0 Å². The number of hydrogen-bond donors (Lipinski definition) is 1. The van der Waals surface area contributed by atoms with Crippen LogP contribution in [-0.4, -0.2) is 13.6 Å². The molecular formula is C14H12N2O3S2. The van der Waals surface area contributed by atoms with Crippen molar-refractivity contribution in [2.24, 2.45) is 0 Å². The van der Waals surface area contributed by atoms with Crippen LogP contribution >= 0.6 is 11.3 Å². The highest BCUT2D eigenvalue weighted by atomic mass is 32.2. The summed E-state index contributed by atoms with van der Waals surface area (Å²) < 4.78 is 32.3. The Balaban J connectivity index is 1.76. The number of nitrogens with one attached hydrogen (secondary N) is 1. The van der Waals surface area contributed by atoms with Gasteiger partial charge in [0.1, 0.15) is 4.21 Å². The van der Waals surface area contributed by atoms with Crippen molar-refractivity contribution in [1.82, 2.24) is 9.88 Å². The van der Waals surface area contributed by atoms with Crippen molar-refractivity contribution < 1.29 is 12.9 Å². The second-order valence-corrected chi connectivity index (χ2v) is 7.38. The molecule has 3 rings (SSSR count). The molecule has 2 heterocycles. The van der Waals surface area contributed by atoms with E-state index in [9.17, 15) is 8.42 Å². The largest absolute Gasteiger partial charge is 0.355 e. The van der Waals surface area contributed by atoms with Gasteiger partial charge in [0.25, 0.3) is 0 Å². The minimum absolute atomic E-state index is 0.254. The van der Waals surface area contributed by atoms with Crippen molar-refractivity contribution in [3.05, 3.63) is 60.3 Å². The van der Waals surface area contributed by atoms with Crippen molar-refractivity contribution in [2.45, 2.75) is 10.8 Å². The van der Waals surface area contributed by atoms with Crippen molar-refractivity contribution in [2.75, 3.05) is 0 Å². The van der Waals surface area contributed by atoms with E-state index in [2.05, 4.69) is 9.88 Å². The van der Waals surface area contributed by atoms with Gasteiger partial charge in [-0.05, 0) is 17.7 Å². The number of aromatic nitrogens is 1. The topological polar surface area (TPSA) is 72.2 Å². The zero-order valence-corrected chi connectivity index (χ0v) is 12.5. The fraction of sp³-hybridized carbons (Fsp3) is 0.0714. The molecule has 21 heavy (non-hydrogen) atoms. The third-order valence-corrected chi connectivity index (χ3v) is 5.83. The van der Waals surface area contributed by atoms with E-state index in [0.717, 1.165) is 21.8 Å². The van der Waals surface area contributed by atoms with E-state index < -0.39 is 10.0 Å². The lowest BCUT2D eigenvalue weighted by atomic mass is 10.2. The second kappa shape index (κ2) is 5.80. The van der Waals surface area contributed by atoms with Gasteiger partial charge < -0.3 is 4.52 Å². The molecule has 0 aliphatic rings. The minimum Gasteiger partial charge on any atom is -0.355 e. The third-order valence-electron chi connectivity index (χ3n) is 2.84. The van der Waals surface area contributed by atoms with E-state index in [0.29, 0.717) is 5.76 Å². The van der Waals surface area contributed by atoms with E-state index in [-0.39, 0.29) is 10.8 Å². The molecule has 7 heteroatoms. The smallest absolute Gasteiger partial charge is 0.250 e. The predicted octanol–water partition coefficient (Wildman–Crippen LogP) is 2.88. The van der Waals surface area contributed by atoms with Gasteiger partial charge in [-0.2, -0.15) is 0 Å². The molecule has 3 aromatic rings. The first-order chi connectivity index (χ1) is 10.1. The second-order valence-electron chi connectivity index (χ2n) is 4.31. The van der Waals surface area contributed by atoms with E-state index in [4.69, 9.17) is 4.52 Å². The third kappa shape index (κ3) is 3.21. The van der Waals surface area contributed by atoms with Gasteiger partial charge in [0.05, 0.1) is 11.1 Å². The number of hydrogen-bond acceptors (Lipinski definition) is 5. The number of nitrogens with zero attached hydrogens (tertiary/aromatic N) is 1. The summed E-state index contributed by atoms with van der Waals surface area (Å²) >= 11 is 1.15. The standard InChI is InChI=1S/C14H12N2O3S2/c17-21(18,16-10-11-4-2-1-3-5-11)14-7-6-13(20-14)12-8-9-15-19-12/h1-9,16H,10H2. The summed E-state index contributed by atoms with van der Waals surface area (Å²) in [7, 11) is -3.52. The highest BCUT2D eigenvalue weighted by Gasteiger charge is 2.18. The van der Waals surface area contributed by atoms with Gasteiger partial charge in [-0.1, -0.05) is 35.5 Å². The van der Waals surface area contributed by atoms with Gasteiger partial charge in [-0.15, -0.1) is 11.3 Å². The lowest BCUT2D eigenvalue weighted by Gasteiger charge is -2.04. The van der Waals surface area contributed by atoms with Crippen LogP contribution in [0.25, 0.3) is 10.6 Å². The SMILES string of the molecule is O=S(=O)(NCc1ccccc1)c1ccc(-c2ccno2)s1. The molecule has 0 spiro atoms. The minimum atomic E-state index is -3.52. The van der Waals surface area contributed by atoms with Crippen LogP contribution < -0.4 is 4.72 Å². The Bertz CT molecular complexity index is 809. The molecule has 0 saturated carbocycles. The molecule has 1 N–H and O–H groups in total. The fourth-order valence-corrected chi connectivity index (χ4v) is 4.11. The average Bonchev–Trinajstić information content (AvgIpc) is 3.17. The summed E-state index contributed by atoms with van der Waals surface area (Å²) in [6.45, 7) is 0.263. The van der Waals surface area contributed by atoms with Gasteiger partial charge in [-0.25, -0.2) is 13.1 Å². The molecule has 0 atom stereocenters. The van der Waals surface area contributed by atoms with Crippen LogP contribution in [0.3, 0.4) is 0 Å². The van der Waals surface area contributed by atoms with Crippen LogP contribution in [0.15, 0.2) is 63.5 Å². The summed E-state index contributed by atoms with van der Waals surface area (Å²) in [4.78, 5) is 0.729. The Morgan fingerprint density at radius 3 is 2.62 bits per heavy atom. The van der Waals surface area contributed by atoms with Crippen molar-refractivity contribution in [3.8, 4) is 10.6 Å². The molecule has 1 aromatic carbocycles. The van der Waals surface area contributed by atoms with E-state index in [1.807, 2.05) is 30.3 Å². The molecule has 0 amide bonds. The fourth-order valence-electron chi connectivity index (χ4n) is 1.79. The van der Waals surface area contributed by atoms with E-state index >= 15 is 0 Å². The normalized spacial score (nSPS) is 11.6. The summed E-state index contributed by atoms with van der Waals surface area (Å²) in [5.41, 5.74) is 0.910. The Morgan fingerprint density at radius 1 is 1.10 bits per heavy atom. The van der Waals surface area contributed by atoms with Gasteiger partial charge in [0.2, 0.25) is 10.0 Å². The zero-order valence-electron chi connectivity index (χ0n) is 10.9. The molecule has 0 unspecified atom stereocenters. The molecule has 0 aliphatic carbocycles. The molecule has 5 nitrogen and oxygen atoms in total. The Morgan fingerprint density at radius 2 is 1.90 bits per heavy atom. The number of benzene rings is 1. The zero-order chi connectivity index (χ0) is 14.7. The maximum Gasteiger partial charge on any atom is 0.250 e. The van der Waals surface area contributed by atoms with Gasteiger partial charge in [-0.3, -0.25) is 0 Å². The summed E-state index contributed by atoms with van der Waals surface area (Å²) in [5, 5.41) is 3.61. The summed E-state index contributed by atoms with van der Waals surface area (Å²) in [6.07, 6.45) is 1.52. The van der Waals surface area contributed by atoms with Crippen molar-refractivity contribution >= 4 is 21.4 Å². The van der Waals surface area contributed by atoms with E-state index in [1.165, 1.54) is 6.20 Å². The first-order valence-corrected chi connectivity index (χ1v) is 8.49. The van der Waals surface area contributed by atoms with Crippen molar-refractivity contribution in [1.29, 1.82) is 0 Å². The number of thiophene rings is 1. The Hall–Kier alpha value is -1.96. The highest BCUT2D eigenvalue weighted by molar-refractivity contribution is 7.91. The number of rotatable bonds is 5. The summed E-state index contributed by atoms with van der Waals surface area (Å²) in [5.74, 6) is 0.560. The maximum atomic E-state index is 12.2. The van der Waals surface area contributed by atoms with E-state index in [1.54, 1.807) is 18.2 Å². The Labute approximate surface area is 126 Å². The first-order valence-electron chi connectivity index (χ1n) is 6.20. The van der Waals surface area contributed by atoms with Gasteiger partial charge >= 0.3 is 0 Å². The van der Waals surface area contributed by atoms with Crippen LogP contribution in [0, 0.1) is 0 Å². The average molecular weight is 320 g/mol. The lowest BCUT2D eigenvalue weighted by molar-refractivity contribution is 0.433. The van der Waals surface area contributed by atoms with Crippen LogP contribution in [0.4, 0.5) is 0 Å². The predicted molar refractivity (Wildman–Crippen MR) is 80.3 cm³/mol. The highest BCUT2D eigenvalue weighted by Crippen LogP contribution is 2.30. The first kappa shape index (κ1) is 14.0. The lowest BCUT2D eigenvalue weighted by Crippen LogP contribution is -2.22. The van der Waals surface area contributed by atoms with Crippen LogP contribution in [0.1, 0.15) is 5.56 Å². The van der Waals surface area contributed by atoms with Crippen LogP contribution in [0.5, 0.6) is 0 Å². The molecule has 0 aliphatic heterocycles. The molecular weight excluding hydrogens is 308 g/mol. The quantitative estimate of drug-likeness (QED) is 0.784. The summed E-state index contributed by atoms with van der Waals surface area (Å²) in [6, 6.07) is 14.3. The van der Waals surface area contributed by atoms with Crippen molar-refractivity contribution in [3.63, 3.8) is 0 Å². The molecule has 0 bridgehead atoms. The Kier molecular flexibility index (Phi) is 3.87.